The summed E-state index contributed by atoms with van der Waals surface area (Å²) >= 11 is 9.02. The first-order valence-electron chi connectivity index (χ1n) is 6.86. The van der Waals surface area contributed by atoms with Crippen LogP contribution in [0.5, 0.6) is 5.75 Å². The van der Waals surface area contributed by atoms with E-state index in [0.29, 0.717) is 15.6 Å². The third-order valence-corrected chi connectivity index (χ3v) is 5.28. The third kappa shape index (κ3) is 3.45. The second-order valence-electron chi connectivity index (χ2n) is 4.89. The molecule has 0 aromatic heterocycles. The summed E-state index contributed by atoms with van der Waals surface area (Å²) in [5.74, 6) is 0.415. The van der Waals surface area contributed by atoms with Gasteiger partial charge in [-0.1, -0.05) is 23.7 Å². The fourth-order valence-corrected chi connectivity index (χ4v) is 4.01. The number of carbonyl (C=O) groups is 2. The van der Waals surface area contributed by atoms with Gasteiger partial charge in [-0.05, 0) is 76.3 Å². The number of nitrogens with zero attached hydrogens (tertiary/aromatic N) is 1. The van der Waals surface area contributed by atoms with Gasteiger partial charge in [0.15, 0.2) is 0 Å². The molecule has 2 amide bonds. The Kier molecular flexibility index (Phi) is 5.17. The van der Waals surface area contributed by atoms with Crippen LogP contribution < -0.4 is 9.64 Å². The smallest absolute Gasteiger partial charge is 0.298 e. The van der Waals surface area contributed by atoms with Gasteiger partial charge in [0, 0.05) is 5.02 Å². The highest BCUT2D eigenvalue weighted by molar-refractivity contribution is 14.1. The molecule has 1 aliphatic rings. The van der Waals surface area contributed by atoms with Crippen LogP contribution >= 0.6 is 46.0 Å². The van der Waals surface area contributed by atoms with Crippen molar-refractivity contribution in [3.05, 3.63) is 61.5 Å². The number of hydrogen-bond acceptors (Lipinski definition) is 4. The number of benzene rings is 2. The summed E-state index contributed by atoms with van der Waals surface area (Å²) in [7, 11) is 1.60. The van der Waals surface area contributed by atoms with Crippen LogP contribution in [0.2, 0.25) is 5.02 Å². The fourth-order valence-electron chi connectivity index (χ4n) is 2.23. The van der Waals surface area contributed by atoms with Gasteiger partial charge in [0.1, 0.15) is 5.75 Å². The van der Waals surface area contributed by atoms with Gasteiger partial charge in [0.25, 0.3) is 11.1 Å². The van der Waals surface area contributed by atoms with E-state index < -0.39 is 0 Å². The zero-order valence-electron chi connectivity index (χ0n) is 12.5. The van der Waals surface area contributed by atoms with E-state index in [-0.39, 0.29) is 11.1 Å². The molecule has 0 spiro atoms. The molecule has 7 heteroatoms. The topological polar surface area (TPSA) is 46.6 Å². The lowest BCUT2D eigenvalue weighted by Crippen LogP contribution is -2.27. The first kappa shape index (κ1) is 17.3. The van der Waals surface area contributed by atoms with E-state index in [9.17, 15) is 9.59 Å². The van der Waals surface area contributed by atoms with Gasteiger partial charge in [0.05, 0.1) is 21.3 Å². The minimum atomic E-state index is -0.349. The molecule has 0 radical (unpaired) electrons. The summed E-state index contributed by atoms with van der Waals surface area (Å²) in [4.78, 5) is 26.3. The molecule has 3 rings (SSSR count). The molecule has 0 aliphatic carbocycles. The lowest BCUT2D eigenvalue weighted by atomic mass is 10.2. The Balaban J connectivity index is 1.92. The molecule has 0 atom stereocenters. The van der Waals surface area contributed by atoms with Crippen molar-refractivity contribution in [3.8, 4) is 5.75 Å². The molecular formula is C17H11ClINO3S. The highest BCUT2D eigenvalue weighted by atomic mass is 127. The van der Waals surface area contributed by atoms with Crippen LogP contribution in [-0.4, -0.2) is 18.3 Å². The van der Waals surface area contributed by atoms with Crippen LogP contribution in [0, 0.1) is 3.57 Å². The molecule has 24 heavy (non-hydrogen) atoms. The molecule has 4 nitrogen and oxygen atoms in total. The zero-order valence-corrected chi connectivity index (χ0v) is 16.2. The number of carbonyl (C=O) groups excluding carboxylic acids is 2. The maximum Gasteiger partial charge on any atom is 0.298 e. The number of ether oxygens (including phenoxy) is 1. The van der Waals surface area contributed by atoms with Gasteiger partial charge < -0.3 is 4.74 Å². The lowest BCUT2D eigenvalue weighted by molar-refractivity contribution is -0.113. The van der Waals surface area contributed by atoms with E-state index in [1.165, 1.54) is 0 Å². The van der Waals surface area contributed by atoms with E-state index in [1.807, 2.05) is 18.2 Å². The standard InChI is InChI=1S/C17H11ClINO3S/c1-23-14-6-5-10(7-13(14)19)8-15-16(21)20(17(22)24-15)12-4-2-3-11(18)9-12/h2-9H,1H3/b15-8+. The van der Waals surface area contributed by atoms with E-state index >= 15 is 0 Å². The SMILES string of the molecule is COc1ccc(/C=C2/SC(=O)N(c3cccc(Cl)c3)C2=O)cc1I. The van der Waals surface area contributed by atoms with Crippen LogP contribution in [0.3, 0.4) is 0 Å². The van der Waals surface area contributed by atoms with Crippen LogP contribution in [0.4, 0.5) is 10.5 Å². The average molecular weight is 472 g/mol. The second-order valence-corrected chi connectivity index (χ2v) is 7.48. The summed E-state index contributed by atoms with van der Waals surface area (Å²) < 4.78 is 6.15. The summed E-state index contributed by atoms with van der Waals surface area (Å²) in [6.45, 7) is 0. The Hall–Kier alpha value is -1.51. The molecule has 0 saturated carbocycles. The Bertz CT molecular complexity index is 869. The van der Waals surface area contributed by atoms with Crippen molar-refractivity contribution in [2.45, 2.75) is 0 Å². The first-order chi connectivity index (χ1) is 11.5. The molecule has 2 aromatic rings. The Morgan fingerprint density at radius 3 is 2.67 bits per heavy atom. The van der Waals surface area contributed by atoms with Crippen molar-refractivity contribution in [2.24, 2.45) is 0 Å². The number of hydrogen-bond donors (Lipinski definition) is 0. The van der Waals surface area contributed by atoms with E-state index in [0.717, 1.165) is 31.5 Å². The normalized spacial score (nSPS) is 16.1. The maximum absolute atomic E-state index is 12.6. The number of thioether (sulfide) groups is 1. The zero-order chi connectivity index (χ0) is 17.3. The molecule has 122 valence electrons. The molecule has 0 bridgehead atoms. The minimum Gasteiger partial charge on any atom is -0.496 e. The van der Waals surface area contributed by atoms with Crippen LogP contribution in [0.1, 0.15) is 5.56 Å². The van der Waals surface area contributed by atoms with Crippen LogP contribution in [0.15, 0.2) is 47.4 Å². The third-order valence-electron chi connectivity index (χ3n) is 3.33. The first-order valence-corrected chi connectivity index (χ1v) is 9.14. The van der Waals surface area contributed by atoms with Gasteiger partial charge in [-0.25, -0.2) is 4.90 Å². The second kappa shape index (κ2) is 7.16. The van der Waals surface area contributed by atoms with E-state index in [2.05, 4.69) is 22.6 Å². The molecule has 1 heterocycles. The van der Waals surface area contributed by atoms with Crippen molar-refractivity contribution in [1.29, 1.82) is 0 Å². The summed E-state index contributed by atoms with van der Waals surface area (Å²) in [5.41, 5.74) is 1.30. The highest BCUT2D eigenvalue weighted by Gasteiger charge is 2.36. The van der Waals surface area contributed by atoms with Crippen LogP contribution in [0.25, 0.3) is 6.08 Å². The predicted molar refractivity (Wildman–Crippen MR) is 106 cm³/mol. The quantitative estimate of drug-likeness (QED) is 0.456. The highest BCUT2D eigenvalue weighted by Crippen LogP contribution is 2.36. The van der Waals surface area contributed by atoms with Crippen molar-refractivity contribution < 1.29 is 14.3 Å². The van der Waals surface area contributed by atoms with Gasteiger partial charge in [0.2, 0.25) is 0 Å². The number of halogens is 2. The molecule has 0 unspecified atom stereocenters. The molecule has 1 aliphatic heterocycles. The van der Waals surface area contributed by atoms with Crippen molar-refractivity contribution in [3.63, 3.8) is 0 Å². The van der Waals surface area contributed by atoms with Crippen molar-refractivity contribution >= 4 is 68.9 Å². The van der Waals surface area contributed by atoms with Gasteiger partial charge in [-0.3, -0.25) is 9.59 Å². The number of methoxy groups -OCH3 is 1. The number of rotatable bonds is 3. The Morgan fingerprint density at radius 1 is 1.21 bits per heavy atom. The van der Waals surface area contributed by atoms with Gasteiger partial charge in [-0.2, -0.15) is 0 Å². The molecule has 2 aromatic carbocycles. The number of amides is 2. The van der Waals surface area contributed by atoms with Crippen molar-refractivity contribution in [2.75, 3.05) is 12.0 Å². The van der Waals surface area contributed by atoms with E-state index in [4.69, 9.17) is 16.3 Å². The summed E-state index contributed by atoms with van der Waals surface area (Å²) in [5, 5.41) is 0.136. The molecular weight excluding hydrogens is 461 g/mol. The number of anilines is 1. The minimum absolute atomic E-state index is 0.336. The number of imide groups is 1. The maximum atomic E-state index is 12.6. The fraction of sp³-hybridized carbons (Fsp3) is 0.0588. The van der Waals surface area contributed by atoms with Crippen LogP contribution in [-0.2, 0) is 4.79 Å². The molecule has 1 saturated heterocycles. The Morgan fingerprint density at radius 2 is 2.00 bits per heavy atom. The monoisotopic (exact) mass is 471 g/mol. The summed E-state index contributed by atoms with van der Waals surface area (Å²) in [6.07, 6.45) is 1.71. The van der Waals surface area contributed by atoms with Gasteiger partial charge in [-0.15, -0.1) is 0 Å². The lowest BCUT2D eigenvalue weighted by Gasteiger charge is -2.12. The molecule has 0 N–H and O–H groups in total. The molecule has 1 fully saturated rings. The van der Waals surface area contributed by atoms with Crippen molar-refractivity contribution in [1.82, 2.24) is 0 Å². The predicted octanol–water partition coefficient (Wildman–Crippen LogP) is 5.19. The van der Waals surface area contributed by atoms with Gasteiger partial charge >= 0.3 is 0 Å². The summed E-state index contributed by atoms with van der Waals surface area (Å²) in [6, 6.07) is 12.2. The van der Waals surface area contributed by atoms with E-state index in [1.54, 1.807) is 37.5 Å². The average Bonchev–Trinajstić information content (AvgIpc) is 2.81. The Labute approximate surface area is 162 Å². The largest absolute Gasteiger partial charge is 0.496 e.